The summed E-state index contributed by atoms with van der Waals surface area (Å²) in [5.41, 5.74) is 2.00. The third kappa shape index (κ3) is 4.45. The highest BCUT2D eigenvalue weighted by Gasteiger charge is 2.11. The van der Waals surface area contributed by atoms with Gasteiger partial charge in [-0.25, -0.2) is 0 Å². The molecule has 0 bridgehead atoms. The molecule has 1 aliphatic heterocycles. The van der Waals surface area contributed by atoms with Gasteiger partial charge in [0, 0.05) is 31.9 Å². The van der Waals surface area contributed by atoms with E-state index < -0.39 is 0 Å². The molecule has 1 fully saturated rings. The van der Waals surface area contributed by atoms with Crippen molar-refractivity contribution in [3.05, 3.63) is 23.5 Å². The van der Waals surface area contributed by atoms with E-state index in [0.717, 1.165) is 56.5 Å². The second-order valence-electron chi connectivity index (χ2n) is 4.73. The Kier molecular flexibility index (Phi) is 5.57. The Hall–Kier alpha value is -1.17. The zero-order valence-corrected chi connectivity index (χ0v) is 11.8. The Balaban J connectivity index is 1.84. The molecule has 5 heteroatoms. The van der Waals surface area contributed by atoms with Crippen LogP contribution in [0.25, 0.3) is 0 Å². The van der Waals surface area contributed by atoms with Crippen molar-refractivity contribution in [2.24, 2.45) is 0 Å². The molecule has 0 amide bonds. The highest BCUT2D eigenvalue weighted by Crippen LogP contribution is 2.16. The average Bonchev–Trinajstić information content (AvgIpc) is 2.43. The fourth-order valence-electron chi connectivity index (χ4n) is 2.13. The molecule has 2 heterocycles. The molecule has 19 heavy (non-hydrogen) atoms. The lowest BCUT2D eigenvalue weighted by molar-refractivity contribution is 0.0321. The number of morpholine rings is 1. The fourth-order valence-corrected chi connectivity index (χ4v) is 2.13. The van der Waals surface area contributed by atoms with Gasteiger partial charge in [-0.3, -0.25) is 9.88 Å². The lowest BCUT2D eigenvalue weighted by atomic mass is 10.3. The highest BCUT2D eigenvalue weighted by molar-refractivity contribution is 5.29. The minimum atomic E-state index is 0.696. The molecule has 1 aromatic heterocycles. The van der Waals surface area contributed by atoms with E-state index in [0.29, 0.717) is 6.61 Å². The summed E-state index contributed by atoms with van der Waals surface area (Å²) >= 11 is 0. The molecular weight excluding hydrogens is 242 g/mol. The lowest BCUT2D eigenvalue weighted by Crippen LogP contribution is -2.38. The van der Waals surface area contributed by atoms with Crippen LogP contribution in [0, 0.1) is 6.92 Å². The number of aryl methyl sites for hydroxylation is 1. The van der Waals surface area contributed by atoms with Gasteiger partial charge < -0.3 is 14.8 Å². The van der Waals surface area contributed by atoms with E-state index in [2.05, 4.69) is 15.2 Å². The number of hydrogen-bond acceptors (Lipinski definition) is 5. The van der Waals surface area contributed by atoms with Gasteiger partial charge in [-0.1, -0.05) is 0 Å². The first-order valence-corrected chi connectivity index (χ1v) is 6.83. The zero-order valence-electron chi connectivity index (χ0n) is 11.8. The second kappa shape index (κ2) is 7.43. The first kappa shape index (κ1) is 14.2. The first-order chi connectivity index (χ1) is 9.29. The van der Waals surface area contributed by atoms with Crippen molar-refractivity contribution in [2.75, 3.05) is 46.5 Å². The summed E-state index contributed by atoms with van der Waals surface area (Å²) in [7, 11) is 1.92. The Labute approximate surface area is 114 Å². The van der Waals surface area contributed by atoms with Crippen molar-refractivity contribution in [3.63, 3.8) is 0 Å². The Bertz CT molecular complexity index is 392. The maximum atomic E-state index is 5.86. The van der Waals surface area contributed by atoms with Crippen LogP contribution in [-0.4, -0.2) is 56.4 Å². The van der Waals surface area contributed by atoms with E-state index in [1.165, 1.54) is 0 Å². The van der Waals surface area contributed by atoms with Crippen molar-refractivity contribution < 1.29 is 9.47 Å². The van der Waals surface area contributed by atoms with E-state index >= 15 is 0 Å². The van der Waals surface area contributed by atoms with Crippen molar-refractivity contribution >= 4 is 0 Å². The van der Waals surface area contributed by atoms with E-state index in [4.69, 9.17) is 9.47 Å². The zero-order chi connectivity index (χ0) is 13.5. The number of nitrogens with zero attached hydrogens (tertiary/aromatic N) is 2. The van der Waals surface area contributed by atoms with Crippen LogP contribution in [-0.2, 0) is 11.3 Å². The maximum Gasteiger partial charge on any atom is 0.142 e. The number of pyridine rings is 1. The van der Waals surface area contributed by atoms with E-state index in [1.54, 1.807) is 0 Å². The van der Waals surface area contributed by atoms with Crippen LogP contribution < -0.4 is 10.1 Å². The molecule has 1 saturated heterocycles. The van der Waals surface area contributed by atoms with Gasteiger partial charge in [-0.05, 0) is 26.1 Å². The number of nitrogens with one attached hydrogen (secondary N) is 1. The molecule has 0 atom stereocenters. The fraction of sp³-hybridized carbons (Fsp3) is 0.643. The van der Waals surface area contributed by atoms with Gasteiger partial charge >= 0.3 is 0 Å². The topological polar surface area (TPSA) is 46.6 Å². The molecule has 0 spiro atoms. The molecular formula is C14H23N3O2. The average molecular weight is 265 g/mol. The van der Waals surface area contributed by atoms with Gasteiger partial charge in [-0.15, -0.1) is 0 Å². The summed E-state index contributed by atoms with van der Waals surface area (Å²) < 4.78 is 11.2. The van der Waals surface area contributed by atoms with E-state index in [-0.39, 0.29) is 0 Å². The standard InChI is InChI=1S/C14H23N3O2/c1-12-3-4-14(13(16-12)11-15-2)19-10-7-17-5-8-18-9-6-17/h3-4,15H,5-11H2,1-2H3. The van der Waals surface area contributed by atoms with Gasteiger partial charge in [0.05, 0.1) is 18.9 Å². The monoisotopic (exact) mass is 265 g/mol. The van der Waals surface area contributed by atoms with Crippen molar-refractivity contribution in [1.82, 2.24) is 15.2 Å². The molecule has 1 N–H and O–H groups in total. The largest absolute Gasteiger partial charge is 0.490 e. The summed E-state index contributed by atoms with van der Waals surface area (Å²) in [4.78, 5) is 6.87. The normalized spacial score (nSPS) is 16.5. The molecule has 1 aliphatic rings. The third-order valence-electron chi connectivity index (χ3n) is 3.18. The van der Waals surface area contributed by atoms with Crippen LogP contribution >= 0.6 is 0 Å². The summed E-state index contributed by atoms with van der Waals surface area (Å²) in [5.74, 6) is 0.883. The number of aromatic nitrogens is 1. The molecule has 0 aliphatic carbocycles. The number of rotatable bonds is 6. The maximum absolute atomic E-state index is 5.86. The van der Waals surface area contributed by atoms with E-state index in [9.17, 15) is 0 Å². The van der Waals surface area contributed by atoms with Crippen LogP contribution in [0.3, 0.4) is 0 Å². The minimum Gasteiger partial charge on any atom is -0.490 e. The summed E-state index contributed by atoms with van der Waals surface area (Å²) in [6.07, 6.45) is 0. The van der Waals surface area contributed by atoms with Crippen LogP contribution in [0.2, 0.25) is 0 Å². The lowest BCUT2D eigenvalue weighted by Gasteiger charge is -2.26. The molecule has 106 valence electrons. The van der Waals surface area contributed by atoms with Crippen LogP contribution in [0.1, 0.15) is 11.4 Å². The Morgan fingerprint density at radius 2 is 2.16 bits per heavy atom. The highest BCUT2D eigenvalue weighted by atomic mass is 16.5. The molecule has 0 aromatic carbocycles. The summed E-state index contributed by atoms with van der Waals surface area (Å²) in [5, 5.41) is 3.12. The van der Waals surface area contributed by atoms with Crippen LogP contribution in [0.5, 0.6) is 5.75 Å². The molecule has 2 rings (SSSR count). The van der Waals surface area contributed by atoms with Gasteiger partial charge in [0.2, 0.25) is 0 Å². The van der Waals surface area contributed by atoms with Crippen molar-refractivity contribution in [2.45, 2.75) is 13.5 Å². The number of hydrogen-bond donors (Lipinski definition) is 1. The smallest absolute Gasteiger partial charge is 0.142 e. The molecule has 0 saturated carbocycles. The van der Waals surface area contributed by atoms with Gasteiger partial charge in [-0.2, -0.15) is 0 Å². The third-order valence-corrected chi connectivity index (χ3v) is 3.18. The van der Waals surface area contributed by atoms with E-state index in [1.807, 2.05) is 26.1 Å². The Morgan fingerprint density at radius 3 is 2.89 bits per heavy atom. The minimum absolute atomic E-state index is 0.696. The predicted molar refractivity (Wildman–Crippen MR) is 74.5 cm³/mol. The van der Waals surface area contributed by atoms with Crippen molar-refractivity contribution in [1.29, 1.82) is 0 Å². The summed E-state index contributed by atoms with van der Waals surface area (Å²) in [6.45, 7) is 8.02. The van der Waals surface area contributed by atoms with Crippen LogP contribution in [0.4, 0.5) is 0 Å². The van der Waals surface area contributed by atoms with Gasteiger partial charge in [0.1, 0.15) is 12.4 Å². The Morgan fingerprint density at radius 1 is 1.37 bits per heavy atom. The van der Waals surface area contributed by atoms with Gasteiger partial charge in [0.15, 0.2) is 0 Å². The molecule has 5 nitrogen and oxygen atoms in total. The summed E-state index contributed by atoms with van der Waals surface area (Å²) in [6, 6.07) is 4.00. The molecule has 0 unspecified atom stereocenters. The first-order valence-electron chi connectivity index (χ1n) is 6.83. The quantitative estimate of drug-likeness (QED) is 0.825. The van der Waals surface area contributed by atoms with Crippen molar-refractivity contribution in [3.8, 4) is 5.75 Å². The predicted octanol–water partition coefficient (Wildman–Crippen LogP) is 0.820. The van der Waals surface area contributed by atoms with Crippen LogP contribution in [0.15, 0.2) is 12.1 Å². The second-order valence-corrected chi connectivity index (χ2v) is 4.73. The SMILES string of the molecule is CNCc1nc(C)ccc1OCCN1CCOCC1. The van der Waals surface area contributed by atoms with Gasteiger partial charge in [0.25, 0.3) is 0 Å². The molecule has 0 radical (unpaired) electrons. The number of ether oxygens (including phenoxy) is 2. The molecule has 1 aromatic rings.